The standard InChI is InChI=1S/C14H12F3N5O/c15-14(16,17)8-23-11-3-1-10(2-4-11)7-19-12-13-21-20-9-22(13)6-5-18-12/h1-6,9H,7-8H2,(H,18,19). The smallest absolute Gasteiger partial charge is 0.422 e. The lowest BCUT2D eigenvalue weighted by Crippen LogP contribution is -2.19. The van der Waals surface area contributed by atoms with Gasteiger partial charge in [0.25, 0.3) is 0 Å². The van der Waals surface area contributed by atoms with Crippen molar-refractivity contribution in [3.63, 3.8) is 0 Å². The molecule has 120 valence electrons. The van der Waals surface area contributed by atoms with Gasteiger partial charge in [-0.2, -0.15) is 13.2 Å². The van der Waals surface area contributed by atoms with Gasteiger partial charge in [0.2, 0.25) is 5.65 Å². The topological polar surface area (TPSA) is 64.3 Å². The molecule has 0 radical (unpaired) electrons. The number of hydrogen-bond acceptors (Lipinski definition) is 5. The molecule has 23 heavy (non-hydrogen) atoms. The summed E-state index contributed by atoms with van der Waals surface area (Å²) in [6, 6.07) is 6.35. The monoisotopic (exact) mass is 323 g/mol. The van der Waals surface area contributed by atoms with Gasteiger partial charge in [0.1, 0.15) is 12.1 Å². The van der Waals surface area contributed by atoms with Crippen LogP contribution in [0.25, 0.3) is 5.65 Å². The summed E-state index contributed by atoms with van der Waals surface area (Å²) < 4.78 is 42.6. The summed E-state index contributed by atoms with van der Waals surface area (Å²) in [5.41, 5.74) is 1.46. The van der Waals surface area contributed by atoms with Gasteiger partial charge in [-0.15, -0.1) is 10.2 Å². The molecule has 0 fully saturated rings. The SMILES string of the molecule is FC(F)(F)COc1ccc(CNc2nccn3cnnc23)cc1. The summed E-state index contributed by atoms with van der Waals surface area (Å²) in [5.74, 6) is 0.742. The fourth-order valence-electron chi connectivity index (χ4n) is 1.94. The molecular formula is C14H12F3N5O. The Morgan fingerprint density at radius 2 is 1.96 bits per heavy atom. The van der Waals surface area contributed by atoms with E-state index in [0.29, 0.717) is 18.0 Å². The van der Waals surface area contributed by atoms with Crippen LogP contribution in [-0.2, 0) is 6.54 Å². The molecule has 0 aliphatic heterocycles. The normalized spacial score (nSPS) is 11.6. The first-order valence-electron chi connectivity index (χ1n) is 6.68. The summed E-state index contributed by atoms with van der Waals surface area (Å²) >= 11 is 0. The number of rotatable bonds is 5. The lowest BCUT2D eigenvalue weighted by molar-refractivity contribution is -0.153. The molecule has 2 aromatic heterocycles. The fourth-order valence-corrected chi connectivity index (χ4v) is 1.94. The minimum Gasteiger partial charge on any atom is -0.484 e. The molecule has 0 unspecified atom stereocenters. The van der Waals surface area contributed by atoms with Crippen molar-refractivity contribution in [1.29, 1.82) is 0 Å². The molecule has 2 heterocycles. The Morgan fingerprint density at radius 1 is 1.17 bits per heavy atom. The van der Waals surface area contributed by atoms with Crippen LogP contribution in [0.2, 0.25) is 0 Å². The summed E-state index contributed by atoms with van der Waals surface area (Å²) in [5, 5.41) is 10.9. The molecule has 0 saturated carbocycles. The zero-order chi connectivity index (χ0) is 16.3. The molecular weight excluding hydrogens is 311 g/mol. The highest BCUT2D eigenvalue weighted by Gasteiger charge is 2.28. The molecule has 0 spiro atoms. The van der Waals surface area contributed by atoms with Crippen LogP contribution in [0.15, 0.2) is 43.0 Å². The quantitative estimate of drug-likeness (QED) is 0.782. The van der Waals surface area contributed by atoms with Crippen molar-refractivity contribution in [3.05, 3.63) is 48.5 Å². The van der Waals surface area contributed by atoms with Gasteiger partial charge in [0.05, 0.1) is 0 Å². The van der Waals surface area contributed by atoms with E-state index in [9.17, 15) is 13.2 Å². The Kier molecular flexibility index (Phi) is 4.00. The average molecular weight is 323 g/mol. The third kappa shape index (κ3) is 3.87. The number of alkyl halides is 3. The number of ether oxygens (including phenoxy) is 1. The number of benzene rings is 1. The lowest BCUT2D eigenvalue weighted by atomic mass is 10.2. The second kappa shape index (κ2) is 6.11. The molecule has 6 nitrogen and oxygen atoms in total. The maximum absolute atomic E-state index is 12.1. The highest BCUT2D eigenvalue weighted by Crippen LogP contribution is 2.19. The van der Waals surface area contributed by atoms with Gasteiger partial charge < -0.3 is 10.1 Å². The van der Waals surface area contributed by atoms with Crippen LogP contribution in [0.5, 0.6) is 5.75 Å². The number of hydrogen-bond donors (Lipinski definition) is 1. The number of anilines is 1. The van der Waals surface area contributed by atoms with Crippen LogP contribution in [-0.4, -0.2) is 32.4 Å². The van der Waals surface area contributed by atoms with E-state index < -0.39 is 12.8 Å². The van der Waals surface area contributed by atoms with E-state index in [4.69, 9.17) is 0 Å². The third-order valence-electron chi connectivity index (χ3n) is 3.00. The summed E-state index contributed by atoms with van der Waals surface area (Å²) in [4.78, 5) is 4.18. The molecule has 3 rings (SSSR count). The third-order valence-corrected chi connectivity index (χ3v) is 3.00. The van der Waals surface area contributed by atoms with Crippen molar-refractivity contribution >= 4 is 11.5 Å². The molecule has 3 aromatic rings. The van der Waals surface area contributed by atoms with Crippen molar-refractivity contribution in [2.75, 3.05) is 11.9 Å². The van der Waals surface area contributed by atoms with Gasteiger partial charge in [0.15, 0.2) is 12.4 Å². The molecule has 1 N–H and O–H groups in total. The lowest BCUT2D eigenvalue weighted by Gasteiger charge is -2.10. The minimum absolute atomic E-state index is 0.170. The molecule has 0 bridgehead atoms. The summed E-state index contributed by atoms with van der Waals surface area (Å²) in [7, 11) is 0. The molecule has 0 aliphatic rings. The van der Waals surface area contributed by atoms with Crippen LogP contribution in [0, 0.1) is 0 Å². The number of nitrogens with one attached hydrogen (secondary N) is 1. The van der Waals surface area contributed by atoms with Crippen molar-refractivity contribution < 1.29 is 17.9 Å². The maximum Gasteiger partial charge on any atom is 0.422 e. The van der Waals surface area contributed by atoms with Gasteiger partial charge in [-0.3, -0.25) is 4.40 Å². The van der Waals surface area contributed by atoms with E-state index in [2.05, 4.69) is 25.2 Å². The molecule has 1 aromatic carbocycles. The van der Waals surface area contributed by atoms with Gasteiger partial charge in [-0.05, 0) is 17.7 Å². The van der Waals surface area contributed by atoms with Crippen LogP contribution >= 0.6 is 0 Å². The number of nitrogens with zero attached hydrogens (tertiary/aromatic N) is 4. The van der Waals surface area contributed by atoms with E-state index in [1.807, 2.05) is 0 Å². The molecule has 0 aliphatic carbocycles. The van der Waals surface area contributed by atoms with E-state index in [-0.39, 0.29) is 5.75 Å². The molecule has 9 heteroatoms. The van der Waals surface area contributed by atoms with E-state index in [0.717, 1.165) is 5.56 Å². The first kappa shape index (κ1) is 15.1. The second-order valence-corrected chi connectivity index (χ2v) is 4.74. The first-order valence-corrected chi connectivity index (χ1v) is 6.68. The van der Waals surface area contributed by atoms with E-state index in [1.54, 1.807) is 35.3 Å². The Morgan fingerprint density at radius 3 is 2.70 bits per heavy atom. The van der Waals surface area contributed by atoms with Gasteiger partial charge >= 0.3 is 6.18 Å². The van der Waals surface area contributed by atoms with Crippen molar-refractivity contribution in [1.82, 2.24) is 19.6 Å². The Hall–Kier alpha value is -2.84. The van der Waals surface area contributed by atoms with E-state index >= 15 is 0 Å². The number of aromatic nitrogens is 4. The zero-order valence-corrected chi connectivity index (χ0v) is 11.8. The number of fused-ring (bicyclic) bond motifs is 1. The van der Waals surface area contributed by atoms with Gasteiger partial charge in [0, 0.05) is 18.9 Å². The number of halogens is 3. The summed E-state index contributed by atoms with van der Waals surface area (Å²) in [6.07, 6.45) is 0.567. The largest absolute Gasteiger partial charge is 0.484 e. The molecule has 0 amide bonds. The Balaban J connectivity index is 1.61. The Bertz CT molecular complexity index is 785. The van der Waals surface area contributed by atoms with Crippen LogP contribution in [0.3, 0.4) is 0 Å². The predicted molar refractivity (Wildman–Crippen MR) is 76.1 cm³/mol. The van der Waals surface area contributed by atoms with Crippen molar-refractivity contribution in [2.24, 2.45) is 0 Å². The minimum atomic E-state index is -4.34. The molecule has 0 atom stereocenters. The maximum atomic E-state index is 12.1. The first-order chi connectivity index (χ1) is 11.0. The summed E-state index contributed by atoms with van der Waals surface area (Å²) in [6.45, 7) is -0.859. The van der Waals surface area contributed by atoms with Crippen molar-refractivity contribution in [2.45, 2.75) is 12.7 Å². The Labute approximate surface area is 128 Å². The average Bonchev–Trinajstić information content (AvgIpc) is 3.00. The van der Waals surface area contributed by atoms with E-state index in [1.165, 1.54) is 12.1 Å². The van der Waals surface area contributed by atoms with Crippen LogP contribution in [0.1, 0.15) is 5.56 Å². The van der Waals surface area contributed by atoms with Gasteiger partial charge in [-0.1, -0.05) is 12.1 Å². The molecule has 0 saturated heterocycles. The predicted octanol–water partition coefficient (Wildman–Crippen LogP) is 2.68. The highest BCUT2D eigenvalue weighted by molar-refractivity contribution is 5.61. The van der Waals surface area contributed by atoms with Crippen LogP contribution < -0.4 is 10.1 Å². The second-order valence-electron chi connectivity index (χ2n) is 4.74. The van der Waals surface area contributed by atoms with Gasteiger partial charge in [-0.25, -0.2) is 4.98 Å². The van der Waals surface area contributed by atoms with Crippen LogP contribution in [0.4, 0.5) is 19.0 Å². The fraction of sp³-hybridized carbons (Fsp3) is 0.214. The van der Waals surface area contributed by atoms with Crippen molar-refractivity contribution in [3.8, 4) is 5.75 Å². The highest BCUT2D eigenvalue weighted by atomic mass is 19.4. The zero-order valence-electron chi connectivity index (χ0n) is 11.8.